The summed E-state index contributed by atoms with van der Waals surface area (Å²) in [6.45, 7) is 6.73. The SMILES string of the molecule is Cc1nn(C)cc1-c1cc(C(F)F)nc2sc(C(N)=O)c(NC(=O)c3cc4nc(C(C)(C)C)cc(C(F)(F)F)n4n3)c12. The van der Waals surface area contributed by atoms with Gasteiger partial charge in [0.2, 0.25) is 0 Å². The zero-order chi connectivity index (χ0) is 30.9. The van der Waals surface area contributed by atoms with Gasteiger partial charge in [0.15, 0.2) is 11.3 Å². The number of carbonyl (C=O) groups is 2. The third kappa shape index (κ3) is 5.06. The lowest BCUT2D eigenvalue weighted by atomic mass is 9.91. The second-order valence-corrected chi connectivity index (χ2v) is 11.6. The number of hydrogen-bond donors (Lipinski definition) is 2. The molecule has 0 atom stereocenters. The number of fused-ring (bicyclic) bond motifs is 2. The van der Waals surface area contributed by atoms with E-state index in [-0.39, 0.29) is 37.7 Å². The lowest BCUT2D eigenvalue weighted by Gasteiger charge is -2.19. The molecular weight excluding hydrogens is 583 g/mol. The number of rotatable bonds is 5. The molecule has 0 radical (unpaired) electrons. The maximum absolute atomic E-state index is 13.9. The molecule has 0 aliphatic rings. The van der Waals surface area contributed by atoms with Gasteiger partial charge in [-0.1, -0.05) is 20.8 Å². The fourth-order valence-electron chi connectivity index (χ4n) is 4.45. The van der Waals surface area contributed by atoms with Crippen molar-refractivity contribution in [2.45, 2.75) is 45.7 Å². The molecule has 0 saturated carbocycles. The first-order valence-electron chi connectivity index (χ1n) is 12.3. The molecule has 5 aromatic heterocycles. The molecule has 10 nitrogen and oxygen atoms in total. The zero-order valence-electron chi connectivity index (χ0n) is 22.8. The molecule has 5 rings (SSSR count). The summed E-state index contributed by atoms with van der Waals surface area (Å²) in [4.78, 5) is 33.9. The predicted molar refractivity (Wildman–Crippen MR) is 145 cm³/mol. The van der Waals surface area contributed by atoms with E-state index < -0.39 is 46.9 Å². The number of pyridine rings is 1. The molecule has 0 bridgehead atoms. The van der Waals surface area contributed by atoms with Crippen LogP contribution >= 0.6 is 11.3 Å². The Hall–Kier alpha value is -4.47. The van der Waals surface area contributed by atoms with E-state index in [1.807, 2.05) is 0 Å². The Morgan fingerprint density at radius 1 is 1.05 bits per heavy atom. The highest BCUT2D eigenvalue weighted by Crippen LogP contribution is 2.43. The van der Waals surface area contributed by atoms with Gasteiger partial charge >= 0.3 is 6.18 Å². The highest BCUT2D eigenvalue weighted by molar-refractivity contribution is 7.21. The molecule has 2 amide bonds. The van der Waals surface area contributed by atoms with Gasteiger partial charge in [0, 0.05) is 35.7 Å². The van der Waals surface area contributed by atoms with Crippen LogP contribution in [-0.2, 0) is 18.6 Å². The summed E-state index contributed by atoms with van der Waals surface area (Å²) in [6, 6.07) is 3.08. The minimum atomic E-state index is -4.81. The highest BCUT2D eigenvalue weighted by atomic mass is 32.1. The predicted octanol–water partition coefficient (Wildman–Crippen LogP) is 5.65. The van der Waals surface area contributed by atoms with Crippen LogP contribution in [0.3, 0.4) is 0 Å². The molecule has 0 aliphatic carbocycles. The summed E-state index contributed by atoms with van der Waals surface area (Å²) in [5.41, 5.74) is 3.55. The average Bonchev–Trinajstić information content (AvgIpc) is 3.56. The van der Waals surface area contributed by atoms with E-state index in [0.29, 0.717) is 27.1 Å². The third-order valence-electron chi connectivity index (χ3n) is 6.39. The van der Waals surface area contributed by atoms with Gasteiger partial charge in [0.1, 0.15) is 21.1 Å². The van der Waals surface area contributed by atoms with Crippen molar-refractivity contribution in [1.82, 2.24) is 29.4 Å². The van der Waals surface area contributed by atoms with E-state index in [2.05, 4.69) is 25.5 Å². The smallest absolute Gasteiger partial charge is 0.365 e. The number of hydrogen-bond acceptors (Lipinski definition) is 7. The van der Waals surface area contributed by atoms with Crippen LogP contribution in [0.15, 0.2) is 24.4 Å². The number of nitrogens with two attached hydrogens (primary N) is 1. The molecule has 0 fully saturated rings. The van der Waals surface area contributed by atoms with Crippen LogP contribution in [0.1, 0.15) is 70.1 Å². The van der Waals surface area contributed by atoms with Crippen molar-refractivity contribution < 1.29 is 31.5 Å². The van der Waals surface area contributed by atoms with Crippen LogP contribution in [0.25, 0.3) is 27.0 Å². The fraction of sp³-hybridized carbons (Fsp3) is 0.308. The Morgan fingerprint density at radius 3 is 2.29 bits per heavy atom. The van der Waals surface area contributed by atoms with Gasteiger partial charge in [0.25, 0.3) is 18.2 Å². The molecule has 0 unspecified atom stereocenters. The standard InChI is InChI=1S/C26H23F5N8O2S/c1-10-12(9-38(5)36-10)11-6-13(21(27)28)33-24-18(11)19(20(42-24)22(32)40)35-23(41)14-7-17-34-15(25(2,3)4)8-16(26(29,30)31)39(17)37-14/h6-9,21H,1-5H3,(H2,32,40)(H,35,41). The maximum atomic E-state index is 13.9. The average molecular weight is 607 g/mol. The van der Waals surface area contributed by atoms with Crippen molar-refractivity contribution in [2.75, 3.05) is 5.32 Å². The Bertz CT molecular complexity index is 1900. The van der Waals surface area contributed by atoms with Gasteiger partial charge in [-0.05, 0) is 24.6 Å². The molecule has 220 valence electrons. The first kappa shape index (κ1) is 29.0. The monoisotopic (exact) mass is 606 g/mol. The van der Waals surface area contributed by atoms with Crippen molar-refractivity contribution in [3.05, 3.63) is 57.7 Å². The summed E-state index contributed by atoms with van der Waals surface area (Å²) in [6.07, 6.45) is -6.19. The molecule has 3 N–H and O–H groups in total. The van der Waals surface area contributed by atoms with Crippen LogP contribution in [0.5, 0.6) is 0 Å². The Kier molecular flexibility index (Phi) is 6.79. The number of amides is 2. The van der Waals surface area contributed by atoms with E-state index in [9.17, 15) is 31.5 Å². The number of alkyl halides is 5. The third-order valence-corrected chi connectivity index (χ3v) is 7.49. The first-order chi connectivity index (χ1) is 19.5. The topological polar surface area (TPSA) is 133 Å². The number of aromatic nitrogens is 6. The molecule has 16 heteroatoms. The number of anilines is 1. The zero-order valence-corrected chi connectivity index (χ0v) is 23.6. The van der Waals surface area contributed by atoms with Crippen molar-refractivity contribution in [3.63, 3.8) is 0 Å². The van der Waals surface area contributed by atoms with Gasteiger partial charge in [-0.3, -0.25) is 14.3 Å². The van der Waals surface area contributed by atoms with Crippen LogP contribution in [0.4, 0.5) is 27.6 Å². The number of nitrogens with zero attached hydrogens (tertiary/aromatic N) is 6. The van der Waals surface area contributed by atoms with Gasteiger partial charge in [-0.15, -0.1) is 11.3 Å². The highest BCUT2D eigenvalue weighted by Gasteiger charge is 2.37. The number of primary amides is 1. The van der Waals surface area contributed by atoms with Gasteiger partial charge in [-0.2, -0.15) is 23.4 Å². The molecule has 0 spiro atoms. The minimum absolute atomic E-state index is 0.0130. The van der Waals surface area contributed by atoms with E-state index in [0.717, 1.165) is 18.2 Å². The summed E-state index contributed by atoms with van der Waals surface area (Å²) < 4.78 is 71.4. The minimum Gasteiger partial charge on any atom is -0.365 e. The number of halogens is 5. The molecule has 0 aliphatic heterocycles. The van der Waals surface area contributed by atoms with Crippen molar-refractivity contribution in [1.29, 1.82) is 0 Å². The Labute approximate surface area is 238 Å². The Balaban J connectivity index is 1.70. The maximum Gasteiger partial charge on any atom is 0.433 e. The number of carbonyl (C=O) groups excluding carboxylic acids is 2. The lowest BCUT2D eigenvalue weighted by Crippen LogP contribution is -2.20. The molecule has 0 saturated heterocycles. The van der Waals surface area contributed by atoms with Crippen LogP contribution in [0, 0.1) is 6.92 Å². The second kappa shape index (κ2) is 9.82. The van der Waals surface area contributed by atoms with E-state index in [1.54, 1.807) is 40.9 Å². The molecule has 5 aromatic rings. The Morgan fingerprint density at radius 2 is 1.74 bits per heavy atom. The normalized spacial score (nSPS) is 12.5. The molecule has 5 heterocycles. The largest absolute Gasteiger partial charge is 0.433 e. The van der Waals surface area contributed by atoms with Gasteiger partial charge in [-0.25, -0.2) is 23.3 Å². The number of aryl methyl sites for hydroxylation is 2. The van der Waals surface area contributed by atoms with Crippen LogP contribution < -0.4 is 11.1 Å². The van der Waals surface area contributed by atoms with Gasteiger partial charge in [0.05, 0.1) is 17.1 Å². The second-order valence-electron chi connectivity index (χ2n) is 10.6. The lowest BCUT2D eigenvalue weighted by molar-refractivity contribution is -0.142. The van der Waals surface area contributed by atoms with Gasteiger partial charge < -0.3 is 11.1 Å². The number of thiophene rings is 1. The molecular formula is C26H23F5N8O2S. The number of nitrogens with one attached hydrogen (secondary N) is 1. The van der Waals surface area contributed by atoms with Crippen molar-refractivity contribution in [2.24, 2.45) is 12.8 Å². The van der Waals surface area contributed by atoms with E-state index in [1.165, 1.54) is 4.68 Å². The quantitative estimate of drug-likeness (QED) is 0.248. The van der Waals surface area contributed by atoms with E-state index >= 15 is 0 Å². The summed E-state index contributed by atoms with van der Waals surface area (Å²) in [5, 5.41) is 10.7. The van der Waals surface area contributed by atoms with Crippen LogP contribution in [0.2, 0.25) is 0 Å². The summed E-state index contributed by atoms with van der Waals surface area (Å²) in [5.74, 6) is -1.97. The summed E-state index contributed by atoms with van der Waals surface area (Å²) in [7, 11) is 1.63. The van der Waals surface area contributed by atoms with Crippen molar-refractivity contribution >= 4 is 44.7 Å². The molecule has 0 aromatic carbocycles. The van der Waals surface area contributed by atoms with Crippen molar-refractivity contribution in [3.8, 4) is 11.1 Å². The fourth-order valence-corrected chi connectivity index (χ4v) is 5.46. The summed E-state index contributed by atoms with van der Waals surface area (Å²) >= 11 is 0.690. The van der Waals surface area contributed by atoms with Crippen LogP contribution in [-0.4, -0.2) is 41.2 Å². The molecule has 42 heavy (non-hydrogen) atoms. The van der Waals surface area contributed by atoms with E-state index in [4.69, 9.17) is 5.73 Å². The first-order valence-corrected chi connectivity index (χ1v) is 13.1.